The predicted molar refractivity (Wildman–Crippen MR) is 67.6 cm³/mol. The SMILES string of the molecule is Cc1nc(NCCN)cc(-c2cccs2)n1. The third kappa shape index (κ3) is 2.56. The van der Waals surface area contributed by atoms with Gasteiger partial charge in [-0.15, -0.1) is 11.3 Å². The molecule has 2 heterocycles. The minimum atomic E-state index is 0.595. The Balaban J connectivity index is 2.29. The van der Waals surface area contributed by atoms with E-state index >= 15 is 0 Å². The van der Waals surface area contributed by atoms with Crippen LogP contribution in [0.1, 0.15) is 5.82 Å². The highest BCUT2D eigenvalue weighted by Gasteiger charge is 2.04. The van der Waals surface area contributed by atoms with Crippen molar-refractivity contribution < 1.29 is 0 Å². The highest BCUT2D eigenvalue weighted by Crippen LogP contribution is 2.24. The Morgan fingerprint density at radius 1 is 1.44 bits per heavy atom. The summed E-state index contributed by atoms with van der Waals surface area (Å²) in [7, 11) is 0. The van der Waals surface area contributed by atoms with Crippen LogP contribution in [0.2, 0.25) is 0 Å². The molecule has 0 bridgehead atoms. The molecule has 3 N–H and O–H groups in total. The van der Waals surface area contributed by atoms with Crippen LogP contribution >= 0.6 is 11.3 Å². The van der Waals surface area contributed by atoms with Gasteiger partial charge in [0.1, 0.15) is 11.6 Å². The Bertz CT molecular complexity index is 453. The summed E-state index contributed by atoms with van der Waals surface area (Å²) in [5.74, 6) is 1.60. The van der Waals surface area contributed by atoms with Crippen molar-refractivity contribution in [1.29, 1.82) is 0 Å². The summed E-state index contributed by atoms with van der Waals surface area (Å²) in [5.41, 5.74) is 6.40. The quantitative estimate of drug-likeness (QED) is 0.848. The zero-order valence-electron chi connectivity index (χ0n) is 9.10. The predicted octanol–water partition coefficient (Wildman–Crippen LogP) is 1.88. The van der Waals surface area contributed by atoms with E-state index in [-0.39, 0.29) is 0 Å². The molecule has 0 atom stereocenters. The van der Waals surface area contributed by atoms with Crippen LogP contribution in [0.4, 0.5) is 5.82 Å². The van der Waals surface area contributed by atoms with Crippen LogP contribution in [0.15, 0.2) is 23.6 Å². The first-order valence-electron chi connectivity index (χ1n) is 5.13. The van der Waals surface area contributed by atoms with Gasteiger partial charge in [-0.1, -0.05) is 6.07 Å². The molecule has 0 radical (unpaired) electrons. The third-order valence-corrected chi connectivity index (χ3v) is 2.95. The fraction of sp³-hybridized carbons (Fsp3) is 0.273. The molecule has 16 heavy (non-hydrogen) atoms. The molecule has 0 aliphatic rings. The molecule has 0 saturated heterocycles. The number of rotatable bonds is 4. The van der Waals surface area contributed by atoms with Crippen molar-refractivity contribution in [2.24, 2.45) is 5.73 Å². The number of hydrogen-bond acceptors (Lipinski definition) is 5. The molecule has 0 unspecified atom stereocenters. The first-order chi connectivity index (χ1) is 7.79. The highest BCUT2D eigenvalue weighted by molar-refractivity contribution is 7.13. The molecule has 0 saturated carbocycles. The molecule has 2 rings (SSSR count). The number of anilines is 1. The summed E-state index contributed by atoms with van der Waals surface area (Å²) >= 11 is 1.67. The Morgan fingerprint density at radius 2 is 2.31 bits per heavy atom. The maximum absolute atomic E-state index is 5.44. The standard InChI is InChI=1S/C11H14N4S/c1-8-14-9(10-3-2-6-16-10)7-11(15-8)13-5-4-12/h2-3,6-7H,4-5,12H2,1H3,(H,13,14,15). The van der Waals surface area contributed by atoms with Gasteiger partial charge in [0.05, 0.1) is 10.6 Å². The van der Waals surface area contributed by atoms with Crippen molar-refractivity contribution in [3.8, 4) is 10.6 Å². The Kier molecular flexibility index (Phi) is 3.48. The van der Waals surface area contributed by atoms with E-state index in [1.165, 1.54) is 0 Å². The molecule has 0 amide bonds. The molecule has 0 aromatic carbocycles. The summed E-state index contributed by atoms with van der Waals surface area (Å²) in [4.78, 5) is 9.87. The van der Waals surface area contributed by atoms with Gasteiger partial charge in [0.25, 0.3) is 0 Å². The smallest absolute Gasteiger partial charge is 0.130 e. The van der Waals surface area contributed by atoms with E-state index in [4.69, 9.17) is 5.73 Å². The number of nitrogens with zero attached hydrogens (tertiary/aromatic N) is 2. The molecule has 5 heteroatoms. The molecular formula is C11H14N4S. The number of aromatic nitrogens is 2. The average Bonchev–Trinajstić information content (AvgIpc) is 2.79. The molecule has 0 spiro atoms. The van der Waals surface area contributed by atoms with E-state index in [0.717, 1.165) is 28.8 Å². The van der Waals surface area contributed by atoms with Crippen LogP contribution in [0, 0.1) is 6.92 Å². The van der Waals surface area contributed by atoms with E-state index < -0.39 is 0 Å². The van der Waals surface area contributed by atoms with Crippen LogP contribution in [0.5, 0.6) is 0 Å². The fourth-order valence-corrected chi connectivity index (χ4v) is 2.10. The zero-order valence-corrected chi connectivity index (χ0v) is 9.92. The van der Waals surface area contributed by atoms with Crippen molar-refractivity contribution in [3.05, 3.63) is 29.4 Å². The van der Waals surface area contributed by atoms with Crippen LogP contribution in [-0.4, -0.2) is 23.1 Å². The van der Waals surface area contributed by atoms with E-state index in [0.29, 0.717) is 6.54 Å². The van der Waals surface area contributed by atoms with E-state index in [1.807, 2.05) is 24.4 Å². The number of hydrogen-bond donors (Lipinski definition) is 2. The van der Waals surface area contributed by atoms with Crippen molar-refractivity contribution in [2.45, 2.75) is 6.92 Å². The molecule has 4 nitrogen and oxygen atoms in total. The minimum Gasteiger partial charge on any atom is -0.369 e. The zero-order chi connectivity index (χ0) is 11.4. The summed E-state index contributed by atoms with van der Waals surface area (Å²) in [6.45, 7) is 3.21. The van der Waals surface area contributed by atoms with Gasteiger partial charge in [-0.25, -0.2) is 9.97 Å². The lowest BCUT2D eigenvalue weighted by atomic mass is 10.3. The monoisotopic (exact) mass is 234 g/mol. The lowest BCUT2D eigenvalue weighted by molar-refractivity contribution is 0.988. The largest absolute Gasteiger partial charge is 0.369 e. The van der Waals surface area contributed by atoms with Crippen molar-refractivity contribution in [1.82, 2.24) is 9.97 Å². The second-order valence-corrected chi connectivity index (χ2v) is 4.33. The van der Waals surface area contributed by atoms with Gasteiger partial charge in [0, 0.05) is 19.2 Å². The highest BCUT2D eigenvalue weighted by atomic mass is 32.1. The van der Waals surface area contributed by atoms with Crippen molar-refractivity contribution >= 4 is 17.2 Å². The minimum absolute atomic E-state index is 0.595. The summed E-state index contributed by atoms with van der Waals surface area (Å²) in [6, 6.07) is 6.03. The molecule has 0 aliphatic heterocycles. The van der Waals surface area contributed by atoms with E-state index in [1.54, 1.807) is 11.3 Å². The molecule has 2 aromatic rings. The van der Waals surface area contributed by atoms with Gasteiger partial charge in [0.2, 0.25) is 0 Å². The van der Waals surface area contributed by atoms with Gasteiger partial charge in [-0.2, -0.15) is 0 Å². The Labute approximate surface area is 98.6 Å². The lowest BCUT2D eigenvalue weighted by Gasteiger charge is -2.06. The fourth-order valence-electron chi connectivity index (χ4n) is 1.41. The molecular weight excluding hydrogens is 220 g/mol. The first kappa shape index (κ1) is 11.0. The van der Waals surface area contributed by atoms with Gasteiger partial charge in [-0.3, -0.25) is 0 Å². The summed E-state index contributed by atoms with van der Waals surface area (Å²) in [6.07, 6.45) is 0. The number of thiophene rings is 1. The van der Waals surface area contributed by atoms with Gasteiger partial charge in [-0.05, 0) is 18.4 Å². The topological polar surface area (TPSA) is 63.8 Å². The van der Waals surface area contributed by atoms with Crippen LogP contribution in [0.3, 0.4) is 0 Å². The summed E-state index contributed by atoms with van der Waals surface area (Å²) in [5, 5.41) is 5.21. The molecule has 0 aliphatic carbocycles. The average molecular weight is 234 g/mol. The second-order valence-electron chi connectivity index (χ2n) is 3.38. The molecule has 2 aromatic heterocycles. The Hall–Kier alpha value is -1.46. The van der Waals surface area contributed by atoms with Crippen molar-refractivity contribution in [3.63, 3.8) is 0 Å². The number of aryl methyl sites for hydroxylation is 1. The van der Waals surface area contributed by atoms with Crippen LogP contribution in [0.25, 0.3) is 10.6 Å². The number of nitrogens with one attached hydrogen (secondary N) is 1. The van der Waals surface area contributed by atoms with Gasteiger partial charge in [0.15, 0.2) is 0 Å². The summed E-state index contributed by atoms with van der Waals surface area (Å²) < 4.78 is 0. The van der Waals surface area contributed by atoms with Crippen LogP contribution < -0.4 is 11.1 Å². The second kappa shape index (κ2) is 5.05. The Morgan fingerprint density at radius 3 is 3.00 bits per heavy atom. The number of nitrogens with two attached hydrogens (primary N) is 1. The van der Waals surface area contributed by atoms with Crippen LogP contribution in [-0.2, 0) is 0 Å². The molecule has 84 valence electrons. The maximum atomic E-state index is 5.44. The third-order valence-electron chi connectivity index (χ3n) is 2.06. The maximum Gasteiger partial charge on any atom is 0.130 e. The van der Waals surface area contributed by atoms with Gasteiger partial charge >= 0.3 is 0 Å². The normalized spacial score (nSPS) is 10.4. The molecule has 0 fully saturated rings. The van der Waals surface area contributed by atoms with Crippen molar-refractivity contribution in [2.75, 3.05) is 18.4 Å². The van der Waals surface area contributed by atoms with E-state index in [2.05, 4.69) is 21.4 Å². The van der Waals surface area contributed by atoms with Gasteiger partial charge < -0.3 is 11.1 Å². The van der Waals surface area contributed by atoms with E-state index in [9.17, 15) is 0 Å². The lowest BCUT2D eigenvalue weighted by Crippen LogP contribution is -2.14. The first-order valence-corrected chi connectivity index (χ1v) is 6.01.